The first kappa shape index (κ1) is 21.8. The van der Waals surface area contributed by atoms with Crippen molar-refractivity contribution >= 4 is 28.5 Å². The maximum atomic E-state index is 12.5. The van der Waals surface area contributed by atoms with Crippen LogP contribution in [-0.2, 0) is 11.2 Å². The van der Waals surface area contributed by atoms with Gasteiger partial charge in [-0.1, -0.05) is 78.9 Å². The van der Waals surface area contributed by atoms with Crippen LogP contribution >= 0.6 is 0 Å². The summed E-state index contributed by atoms with van der Waals surface area (Å²) in [5.41, 5.74) is 7.88. The van der Waals surface area contributed by atoms with Crippen LogP contribution in [0.4, 0.5) is 0 Å². The normalized spacial score (nSPS) is 10.4. The van der Waals surface area contributed by atoms with E-state index in [0.717, 1.165) is 22.8 Å². The molecule has 0 heterocycles. The molecule has 0 radical (unpaired) electrons. The Morgan fingerprint density at radius 3 is 2.06 bits per heavy atom. The molecule has 164 valence electrons. The predicted molar refractivity (Wildman–Crippen MR) is 128 cm³/mol. The van der Waals surface area contributed by atoms with Crippen LogP contribution in [0.25, 0.3) is 10.8 Å². The highest BCUT2D eigenvalue weighted by Crippen LogP contribution is 2.18. The Kier molecular flexibility index (Phi) is 6.75. The molecule has 3 amide bonds. The summed E-state index contributed by atoms with van der Waals surface area (Å²) in [7, 11) is 0. The number of carbonyl (C=O) groups excluding carboxylic acids is 3. The van der Waals surface area contributed by atoms with E-state index in [4.69, 9.17) is 0 Å². The smallest absolute Gasteiger partial charge is 0.269 e. The third-order valence-electron chi connectivity index (χ3n) is 5.23. The fourth-order valence-corrected chi connectivity index (χ4v) is 3.53. The number of nitrogens with one attached hydrogen (secondary N) is 3. The lowest BCUT2D eigenvalue weighted by atomic mass is 10.0. The van der Waals surface area contributed by atoms with Gasteiger partial charge in [-0.2, -0.15) is 0 Å². The molecule has 0 fully saturated rings. The first-order valence-electron chi connectivity index (χ1n) is 10.6. The molecule has 0 aliphatic heterocycles. The number of hydrogen-bond acceptors (Lipinski definition) is 3. The largest absolute Gasteiger partial charge is 0.343 e. The van der Waals surface area contributed by atoms with Crippen molar-refractivity contribution in [3.63, 3.8) is 0 Å². The van der Waals surface area contributed by atoms with E-state index in [2.05, 4.69) is 28.3 Å². The minimum atomic E-state index is -0.530. The van der Waals surface area contributed by atoms with Gasteiger partial charge in [-0.3, -0.25) is 25.2 Å². The lowest BCUT2D eigenvalue weighted by Gasteiger charge is -2.10. The molecule has 0 aliphatic rings. The molecule has 0 atom stereocenters. The van der Waals surface area contributed by atoms with Crippen LogP contribution in [0.15, 0.2) is 97.1 Å². The molecule has 0 bridgehead atoms. The Hall–Kier alpha value is -4.45. The van der Waals surface area contributed by atoms with Gasteiger partial charge in [0.15, 0.2) is 0 Å². The van der Waals surface area contributed by atoms with Crippen LogP contribution in [0.3, 0.4) is 0 Å². The van der Waals surface area contributed by atoms with Gasteiger partial charge < -0.3 is 5.32 Å². The lowest BCUT2D eigenvalue weighted by Crippen LogP contribution is -2.46. The third-order valence-corrected chi connectivity index (χ3v) is 5.23. The number of amides is 3. The van der Waals surface area contributed by atoms with Crippen LogP contribution in [0.1, 0.15) is 31.8 Å². The van der Waals surface area contributed by atoms with Crippen LogP contribution in [-0.4, -0.2) is 24.3 Å². The number of hydrogen-bond donors (Lipinski definition) is 3. The first-order chi connectivity index (χ1) is 16.1. The van der Waals surface area contributed by atoms with Crippen molar-refractivity contribution in [1.29, 1.82) is 0 Å². The van der Waals surface area contributed by atoms with E-state index in [-0.39, 0.29) is 12.5 Å². The molecule has 6 heteroatoms. The molecule has 6 nitrogen and oxygen atoms in total. The zero-order valence-corrected chi connectivity index (χ0v) is 17.9. The summed E-state index contributed by atoms with van der Waals surface area (Å²) in [4.78, 5) is 36.9. The maximum Gasteiger partial charge on any atom is 0.269 e. The Labute approximate surface area is 191 Å². The summed E-state index contributed by atoms with van der Waals surface area (Å²) in [6, 6.07) is 30.2. The van der Waals surface area contributed by atoms with Gasteiger partial charge in [0.2, 0.25) is 0 Å². The van der Waals surface area contributed by atoms with Gasteiger partial charge in [0.1, 0.15) is 0 Å². The molecular weight excluding hydrogens is 414 g/mol. The van der Waals surface area contributed by atoms with E-state index in [1.54, 1.807) is 24.3 Å². The summed E-state index contributed by atoms with van der Waals surface area (Å²) >= 11 is 0. The van der Waals surface area contributed by atoms with Crippen molar-refractivity contribution in [3.05, 3.63) is 119 Å². The predicted octanol–water partition coefficient (Wildman–Crippen LogP) is 3.62. The van der Waals surface area contributed by atoms with Crippen LogP contribution in [0, 0.1) is 0 Å². The molecule has 0 saturated heterocycles. The standard InChI is InChI=1S/C27H23N3O3/c31-25(18-28-27(33)24-12-6-10-21-9-4-5-11-23(21)24)29-30-26(32)22-15-13-20(14-16-22)17-19-7-2-1-3-8-19/h1-16H,17-18H2,(H,28,33)(H,29,31)(H,30,32). The minimum Gasteiger partial charge on any atom is -0.343 e. The van der Waals surface area contributed by atoms with E-state index in [1.165, 1.54) is 5.56 Å². The fourth-order valence-electron chi connectivity index (χ4n) is 3.53. The number of carbonyl (C=O) groups is 3. The SMILES string of the molecule is O=C(CNC(=O)c1cccc2ccccc12)NNC(=O)c1ccc(Cc2ccccc2)cc1. The zero-order valence-electron chi connectivity index (χ0n) is 17.9. The summed E-state index contributed by atoms with van der Waals surface area (Å²) in [5.74, 6) is -1.32. The second kappa shape index (κ2) is 10.2. The first-order valence-corrected chi connectivity index (χ1v) is 10.6. The van der Waals surface area contributed by atoms with Gasteiger partial charge in [0.05, 0.1) is 6.54 Å². The average molecular weight is 437 g/mol. The van der Waals surface area contributed by atoms with Crippen molar-refractivity contribution < 1.29 is 14.4 Å². The number of rotatable bonds is 6. The Morgan fingerprint density at radius 2 is 1.27 bits per heavy atom. The second-order valence-corrected chi connectivity index (χ2v) is 7.57. The highest BCUT2D eigenvalue weighted by molar-refractivity contribution is 6.07. The van der Waals surface area contributed by atoms with Gasteiger partial charge in [-0.25, -0.2) is 0 Å². The summed E-state index contributed by atoms with van der Waals surface area (Å²) < 4.78 is 0. The molecule has 33 heavy (non-hydrogen) atoms. The molecule has 0 spiro atoms. The van der Waals surface area contributed by atoms with Crippen LogP contribution < -0.4 is 16.2 Å². The minimum absolute atomic E-state index is 0.266. The van der Waals surface area contributed by atoms with Gasteiger partial charge in [-0.05, 0) is 46.5 Å². The highest BCUT2D eigenvalue weighted by Gasteiger charge is 2.12. The molecule has 0 unspecified atom stereocenters. The van der Waals surface area contributed by atoms with E-state index in [0.29, 0.717) is 11.1 Å². The molecule has 0 saturated carbocycles. The van der Waals surface area contributed by atoms with E-state index in [1.807, 2.05) is 60.7 Å². The van der Waals surface area contributed by atoms with Gasteiger partial charge in [0, 0.05) is 11.1 Å². The Bertz CT molecular complexity index is 1280. The monoisotopic (exact) mass is 437 g/mol. The lowest BCUT2D eigenvalue weighted by molar-refractivity contribution is -0.120. The zero-order chi connectivity index (χ0) is 23.0. The number of fused-ring (bicyclic) bond motifs is 1. The number of benzene rings is 4. The highest BCUT2D eigenvalue weighted by atomic mass is 16.2. The van der Waals surface area contributed by atoms with E-state index in [9.17, 15) is 14.4 Å². The number of hydrazine groups is 1. The molecule has 0 aromatic heterocycles. The molecule has 4 aromatic carbocycles. The second-order valence-electron chi connectivity index (χ2n) is 7.57. The average Bonchev–Trinajstić information content (AvgIpc) is 2.86. The third kappa shape index (κ3) is 5.62. The van der Waals surface area contributed by atoms with Crippen LogP contribution in [0.2, 0.25) is 0 Å². The van der Waals surface area contributed by atoms with Gasteiger partial charge in [0.25, 0.3) is 17.7 Å². The van der Waals surface area contributed by atoms with Crippen molar-refractivity contribution in [2.45, 2.75) is 6.42 Å². The molecule has 4 rings (SSSR count). The van der Waals surface area contributed by atoms with Crippen molar-refractivity contribution in [3.8, 4) is 0 Å². The van der Waals surface area contributed by atoms with Gasteiger partial charge in [-0.15, -0.1) is 0 Å². The van der Waals surface area contributed by atoms with Crippen molar-refractivity contribution in [2.75, 3.05) is 6.54 Å². The maximum absolute atomic E-state index is 12.5. The fraction of sp³-hybridized carbons (Fsp3) is 0.0741. The molecule has 4 aromatic rings. The van der Waals surface area contributed by atoms with Crippen LogP contribution in [0.5, 0.6) is 0 Å². The molecular formula is C27H23N3O3. The summed E-state index contributed by atoms with van der Waals surface area (Å²) in [6.45, 7) is -0.266. The van der Waals surface area contributed by atoms with Gasteiger partial charge >= 0.3 is 0 Å². The van der Waals surface area contributed by atoms with Crippen molar-refractivity contribution in [2.24, 2.45) is 0 Å². The van der Waals surface area contributed by atoms with E-state index >= 15 is 0 Å². The Morgan fingerprint density at radius 1 is 0.606 bits per heavy atom. The molecule has 3 N–H and O–H groups in total. The summed E-state index contributed by atoms with van der Waals surface area (Å²) in [6.07, 6.45) is 0.774. The Balaban J connectivity index is 1.26. The quantitative estimate of drug-likeness (QED) is 0.403. The summed E-state index contributed by atoms with van der Waals surface area (Å²) in [5, 5.41) is 4.33. The topological polar surface area (TPSA) is 87.3 Å². The molecule has 0 aliphatic carbocycles. The van der Waals surface area contributed by atoms with E-state index < -0.39 is 11.8 Å². The van der Waals surface area contributed by atoms with Crippen molar-refractivity contribution in [1.82, 2.24) is 16.2 Å².